The van der Waals surface area contributed by atoms with Gasteiger partial charge in [-0.15, -0.1) is 0 Å². The lowest BCUT2D eigenvalue weighted by Crippen LogP contribution is -2.52. The van der Waals surface area contributed by atoms with Gasteiger partial charge in [-0.1, -0.05) is 36.8 Å². The minimum atomic E-state index is -0.569. The molecule has 3 rings (SSSR count). The number of ether oxygens (including phenoxy) is 1. The lowest BCUT2D eigenvalue weighted by atomic mass is 9.83. The molecule has 2 fully saturated rings. The van der Waals surface area contributed by atoms with E-state index in [1.165, 1.54) is 19.3 Å². The number of carbonyl (C=O) groups is 1. The minimum Gasteiger partial charge on any atom is -0.462 e. The maximum absolute atomic E-state index is 12.4. The quantitative estimate of drug-likeness (QED) is 0.867. The zero-order chi connectivity index (χ0) is 15.5. The van der Waals surface area contributed by atoms with Gasteiger partial charge in [0.25, 0.3) is 0 Å². The summed E-state index contributed by atoms with van der Waals surface area (Å²) in [4.78, 5) is 14.9. The summed E-state index contributed by atoms with van der Waals surface area (Å²) < 4.78 is 5.76. The Morgan fingerprint density at radius 1 is 1.27 bits per heavy atom. The van der Waals surface area contributed by atoms with E-state index in [1.807, 2.05) is 30.3 Å². The standard InChI is InChI=1S/C18H25NO3/c1-19-14-8-5-9-15(19)11-16(10-14)22-18(21)17(12-20)13-6-3-2-4-7-13/h2-4,6-7,14-17,20H,5,8-12H2,1H3/t14-,15+,16?,17-/m0/s1. The Bertz CT molecular complexity index is 490. The third-order valence-corrected chi connectivity index (χ3v) is 5.25. The molecular weight excluding hydrogens is 278 g/mol. The number of carbonyl (C=O) groups excluding carboxylic acids is 1. The maximum atomic E-state index is 12.4. The molecule has 1 N–H and O–H groups in total. The molecule has 4 heteroatoms. The van der Waals surface area contributed by atoms with E-state index in [1.54, 1.807) is 0 Å². The van der Waals surface area contributed by atoms with Gasteiger partial charge in [0.1, 0.15) is 12.0 Å². The van der Waals surface area contributed by atoms with Crippen LogP contribution < -0.4 is 0 Å². The number of fused-ring (bicyclic) bond motifs is 2. The summed E-state index contributed by atoms with van der Waals surface area (Å²) in [7, 11) is 2.19. The summed E-state index contributed by atoms with van der Waals surface area (Å²) >= 11 is 0. The van der Waals surface area contributed by atoms with Crippen molar-refractivity contribution in [3.8, 4) is 0 Å². The summed E-state index contributed by atoms with van der Waals surface area (Å²) in [6, 6.07) is 10.5. The summed E-state index contributed by atoms with van der Waals surface area (Å²) in [5.74, 6) is -0.859. The van der Waals surface area contributed by atoms with Crippen LogP contribution in [0.5, 0.6) is 0 Å². The second-order valence-electron chi connectivity index (χ2n) is 6.58. The van der Waals surface area contributed by atoms with Crippen molar-refractivity contribution < 1.29 is 14.6 Å². The topological polar surface area (TPSA) is 49.8 Å². The second-order valence-corrected chi connectivity index (χ2v) is 6.58. The number of benzene rings is 1. The molecule has 2 saturated heterocycles. The van der Waals surface area contributed by atoms with E-state index in [0.717, 1.165) is 18.4 Å². The molecule has 2 bridgehead atoms. The zero-order valence-electron chi connectivity index (χ0n) is 13.1. The molecule has 0 saturated carbocycles. The fourth-order valence-corrected chi connectivity index (χ4v) is 3.91. The van der Waals surface area contributed by atoms with Crippen LogP contribution >= 0.6 is 0 Å². The van der Waals surface area contributed by atoms with Crippen molar-refractivity contribution in [3.63, 3.8) is 0 Å². The molecule has 4 atom stereocenters. The van der Waals surface area contributed by atoms with Crippen LogP contribution in [0, 0.1) is 0 Å². The fraction of sp³-hybridized carbons (Fsp3) is 0.611. The predicted molar refractivity (Wildman–Crippen MR) is 84.6 cm³/mol. The van der Waals surface area contributed by atoms with Gasteiger partial charge in [0, 0.05) is 12.1 Å². The van der Waals surface area contributed by atoms with E-state index in [9.17, 15) is 9.90 Å². The Labute approximate surface area is 132 Å². The molecule has 4 nitrogen and oxygen atoms in total. The highest BCUT2D eigenvalue weighted by Gasteiger charge is 2.38. The van der Waals surface area contributed by atoms with Crippen molar-refractivity contribution in [1.82, 2.24) is 4.90 Å². The van der Waals surface area contributed by atoms with Crippen molar-refractivity contribution in [3.05, 3.63) is 35.9 Å². The fourth-order valence-electron chi connectivity index (χ4n) is 3.91. The molecule has 0 radical (unpaired) electrons. The van der Waals surface area contributed by atoms with Gasteiger partial charge in [-0.25, -0.2) is 0 Å². The normalized spacial score (nSPS) is 29.8. The number of aliphatic hydroxyl groups is 1. The van der Waals surface area contributed by atoms with Gasteiger partial charge in [0.05, 0.1) is 6.61 Å². The van der Waals surface area contributed by atoms with Crippen LogP contribution in [0.3, 0.4) is 0 Å². The smallest absolute Gasteiger partial charge is 0.316 e. The van der Waals surface area contributed by atoms with Crippen molar-refractivity contribution in [1.29, 1.82) is 0 Å². The summed E-state index contributed by atoms with van der Waals surface area (Å²) in [6.45, 7) is -0.206. The Hall–Kier alpha value is -1.39. The Balaban J connectivity index is 1.64. The van der Waals surface area contributed by atoms with Crippen LogP contribution in [-0.4, -0.2) is 47.8 Å². The predicted octanol–water partition coefficient (Wildman–Crippen LogP) is 2.32. The van der Waals surface area contributed by atoms with Crippen LogP contribution in [0.4, 0.5) is 0 Å². The highest BCUT2D eigenvalue weighted by atomic mass is 16.5. The molecule has 1 unspecified atom stereocenters. The number of esters is 1. The molecule has 2 heterocycles. The molecule has 0 spiro atoms. The number of piperidine rings is 2. The lowest BCUT2D eigenvalue weighted by molar-refractivity contribution is -0.157. The molecule has 1 aromatic carbocycles. The van der Waals surface area contributed by atoms with E-state index >= 15 is 0 Å². The Kier molecular flexibility index (Phi) is 4.79. The van der Waals surface area contributed by atoms with Gasteiger partial charge in [0.2, 0.25) is 0 Å². The molecule has 0 amide bonds. The average Bonchev–Trinajstić information content (AvgIpc) is 2.50. The van der Waals surface area contributed by atoms with Crippen molar-refractivity contribution in [2.45, 2.75) is 56.2 Å². The summed E-state index contributed by atoms with van der Waals surface area (Å²) in [5.41, 5.74) is 0.822. The highest BCUT2D eigenvalue weighted by Crippen LogP contribution is 2.34. The van der Waals surface area contributed by atoms with Gasteiger partial charge >= 0.3 is 5.97 Å². The van der Waals surface area contributed by atoms with E-state index in [2.05, 4.69) is 11.9 Å². The van der Waals surface area contributed by atoms with Crippen molar-refractivity contribution in [2.75, 3.05) is 13.7 Å². The monoisotopic (exact) mass is 303 g/mol. The van der Waals surface area contributed by atoms with Crippen molar-refractivity contribution >= 4 is 5.97 Å². The highest BCUT2D eigenvalue weighted by molar-refractivity contribution is 5.78. The van der Waals surface area contributed by atoms with E-state index < -0.39 is 5.92 Å². The first kappa shape index (κ1) is 15.5. The molecule has 2 aliphatic heterocycles. The minimum absolute atomic E-state index is 0.00300. The third-order valence-electron chi connectivity index (χ3n) is 5.25. The van der Waals surface area contributed by atoms with Gasteiger partial charge in [-0.3, -0.25) is 4.79 Å². The summed E-state index contributed by atoms with van der Waals surface area (Å²) in [6.07, 6.45) is 5.52. The molecular formula is C18H25NO3. The van der Waals surface area contributed by atoms with E-state index in [0.29, 0.717) is 12.1 Å². The second kappa shape index (κ2) is 6.80. The molecule has 2 aliphatic rings. The van der Waals surface area contributed by atoms with Gasteiger partial charge in [0.15, 0.2) is 0 Å². The van der Waals surface area contributed by atoms with Gasteiger partial charge in [-0.05, 0) is 38.3 Å². The van der Waals surface area contributed by atoms with Crippen LogP contribution in [0.2, 0.25) is 0 Å². The molecule has 0 aromatic heterocycles. The number of aliphatic hydroxyl groups excluding tert-OH is 1. The number of hydrogen-bond acceptors (Lipinski definition) is 4. The first-order chi connectivity index (χ1) is 10.7. The Morgan fingerprint density at radius 2 is 1.91 bits per heavy atom. The SMILES string of the molecule is CN1[C@@H]2CCC[C@H]1CC(OC(=O)[C@@H](CO)c1ccccc1)C2. The van der Waals surface area contributed by atoms with Gasteiger partial charge in [-0.2, -0.15) is 0 Å². The van der Waals surface area contributed by atoms with Crippen LogP contribution in [0.1, 0.15) is 43.6 Å². The Morgan fingerprint density at radius 3 is 2.50 bits per heavy atom. The van der Waals surface area contributed by atoms with Crippen LogP contribution in [0.25, 0.3) is 0 Å². The van der Waals surface area contributed by atoms with E-state index in [-0.39, 0.29) is 18.7 Å². The zero-order valence-corrected chi connectivity index (χ0v) is 13.1. The average molecular weight is 303 g/mol. The largest absolute Gasteiger partial charge is 0.462 e. The first-order valence-electron chi connectivity index (χ1n) is 8.27. The molecule has 120 valence electrons. The summed E-state index contributed by atoms with van der Waals surface area (Å²) in [5, 5.41) is 9.57. The lowest BCUT2D eigenvalue weighted by Gasteiger charge is -2.46. The maximum Gasteiger partial charge on any atom is 0.316 e. The number of hydrogen-bond donors (Lipinski definition) is 1. The number of rotatable bonds is 4. The third kappa shape index (κ3) is 3.18. The molecule has 1 aromatic rings. The van der Waals surface area contributed by atoms with Crippen LogP contribution in [0.15, 0.2) is 30.3 Å². The van der Waals surface area contributed by atoms with Crippen LogP contribution in [-0.2, 0) is 9.53 Å². The molecule has 22 heavy (non-hydrogen) atoms. The first-order valence-corrected chi connectivity index (χ1v) is 8.27. The number of nitrogens with zero attached hydrogens (tertiary/aromatic N) is 1. The van der Waals surface area contributed by atoms with Gasteiger partial charge < -0.3 is 14.7 Å². The molecule has 0 aliphatic carbocycles. The van der Waals surface area contributed by atoms with Crippen molar-refractivity contribution in [2.24, 2.45) is 0 Å². The van der Waals surface area contributed by atoms with E-state index in [4.69, 9.17) is 4.74 Å².